The van der Waals surface area contributed by atoms with E-state index >= 15 is 0 Å². The lowest BCUT2D eigenvalue weighted by molar-refractivity contribution is 0.0994. The van der Waals surface area contributed by atoms with Gasteiger partial charge < -0.3 is 0 Å². The Labute approximate surface area is 142 Å². The van der Waals surface area contributed by atoms with Crippen molar-refractivity contribution in [1.82, 2.24) is 20.2 Å². The van der Waals surface area contributed by atoms with E-state index in [1.807, 2.05) is 37.3 Å². The molecule has 0 saturated carbocycles. The Balaban J connectivity index is 1.80. The van der Waals surface area contributed by atoms with E-state index in [-0.39, 0.29) is 11.0 Å². The van der Waals surface area contributed by atoms with Gasteiger partial charge in [-0.2, -0.15) is 4.68 Å². The molecule has 1 atom stereocenters. The summed E-state index contributed by atoms with van der Waals surface area (Å²) < 4.78 is 1.62. The molecular weight excluding hydrogens is 332 g/mol. The van der Waals surface area contributed by atoms with Crippen LogP contribution in [0.1, 0.15) is 17.3 Å². The highest BCUT2D eigenvalue weighted by Crippen LogP contribution is 2.25. The molecule has 0 bridgehead atoms. The molecule has 116 valence electrons. The Hall–Kier alpha value is -2.18. The number of nitrogens with zero attached hydrogens (tertiary/aromatic N) is 4. The fraction of sp³-hybridized carbons (Fsp3) is 0.125. The molecule has 0 aliphatic heterocycles. The molecule has 3 aromatic rings. The van der Waals surface area contributed by atoms with Crippen LogP contribution in [0.3, 0.4) is 0 Å². The van der Waals surface area contributed by atoms with Gasteiger partial charge in [0.15, 0.2) is 5.78 Å². The lowest BCUT2D eigenvalue weighted by atomic mass is 10.1. The first kappa shape index (κ1) is 15.7. The summed E-state index contributed by atoms with van der Waals surface area (Å²) in [6.45, 7) is 1.83. The number of hydrogen-bond acceptors (Lipinski definition) is 5. The summed E-state index contributed by atoms with van der Waals surface area (Å²) >= 11 is 7.26. The third-order valence-electron chi connectivity index (χ3n) is 3.20. The van der Waals surface area contributed by atoms with Gasteiger partial charge in [0.2, 0.25) is 5.16 Å². The predicted molar refractivity (Wildman–Crippen MR) is 90.3 cm³/mol. The number of halogens is 1. The van der Waals surface area contributed by atoms with Crippen LogP contribution in [0.4, 0.5) is 0 Å². The normalized spacial score (nSPS) is 12.1. The van der Waals surface area contributed by atoms with Crippen molar-refractivity contribution < 1.29 is 4.79 Å². The molecule has 7 heteroatoms. The number of para-hydroxylation sites is 1. The molecule has 3 rings (SSSR count). The zero-order valence-electron chi connectivity index (χ0n) is 12.3. The van der Waals surface area contributed by atoms with Crippen LogP contribution in [0.15, 0.2) is 59.8 Å². The minimum absolute atomic E-state index is 0.0138. The van der Waals surface area contributed by atoms with Crippen molar-refractivity contribution in [2.75, 3.05) is 0 Å². The standard InChI is InChI=1S/C16H13ClN4OS/c1-11(15(22)12-6-5-7-13(17)10-12)23-16-18-19-20-21(16)14-8-3-2-4-9-14/h2-11H,1H3/t11-/m1/s1. The fourth-order valence-corrected chi connectivity index (χ4v) is 3.15. The van der Waals surface area contributed by atoms with Crippen molar-refractivity contribution in [3.05, 3.63) is 65.2 Å². The van der Waals surface area contributed by atoms with E-state index in [0.717, 1.165) is 5.69 Å². The first-order valence-corrected chi connectivity index (χ1v) is 8.21. The van der Waals surface area contributed by atoms with Crippen molar-refractivity contribution in [3.8, 4) is 5.69 Å². The van der Waals surface area contributed by atoms with Gasteiger partial charge in [0.25, 0.3) is 0 Å². The molecule has 0 saturated heterocycles. The number of ketones is 1. The van der Waals surface area contributed by atoms with Crippen LogP contribution in [0.25, 0.3) is 5.69 Å². The van der Waals surface area contributed by atoms with E-state index < -0.39 is 0 Å². The molecule has 0 aliphatic carbocycles. The molecule has 5 nitrogen and oxygen atoms in total. The van der Waals surface area contributed by atoms with E-state index in [1.54, 1.807) is 28.9 Å². The maximum absolute atomic E-state index is 12.5. The van der Waals surface area contributed by atoms with Crippen molar-refractivity contribution in [3.63, 3.8) is 0 Å². The quantitative estimate of drug-likeness (QED) is 0.522. The highest BCUT2D eigenvalue weighted by Gasteiger charge is 2.20. The molecule has 23 heavy (non-hydrogen) atoms. The number of thioether (sulfide) groups is 1. The Kier molecular flexibility index (Phi) is 4.73. The number of rotatable bonds is 5. The molecule has 0 amide bonds. The van der Waals surface area contributed by atoms with Crippen molar-refractivity contribution in [2.24, 2.45) is 0 Å². The van der Waals surface area contributed by atoms with E-state index in [2.05, 4.69) is 15.5 Å². The van der Waals surface area contributed by atoms with Crippen LogP contribution in [-0.4, -0.2) is 31.2 Å². The summed E-state index contributed by atoms with van der Waals surface area (Å²) in [5.74, 6) is -0.0138. The van der Waals surface area contributed by atoms with Gasteiger partial charge in [0.1, 0.15) is 0 Å². The second-order valence-corrected chi connectivity index (χ2v) is 6.59. The first-order valence-electron chi connectivity index (χ1n) is 6.95. The molecule has 0 unspecified atom stereocenters. The first-order chi connectivity index (χ1) is 11.1. The number of Topliss-reactive ketones (excluding diaryl/α,β-unsaturated/α-hetero) is 1. The molecule has 1 heterocycles. The van der Waals surface area contributed by atoms with Gasteiger partial charge in [-0.05, 0) is 41.6 Å². The van der Waals surface area contributed by atoms with Crippen molar-refractivity contribution >= 4 is 29.1 Å². The molecular formula is C16H13ClN4OS. The lowest BCUT2D eigenvalue weighted by Crippen LogP contribution is -2.14. The lowest BCUT2D eigenvalue weighted by Gasteiger charge is -2.10. The van der Waals surface area contributed by atoms with Crippen molar-refractivity contribution in [1.29, 1.82) is 0 Å². The average molecular weight is 345 g/mol. The SMILES string of the molecule is C[C@@H](Sc1nnnn1-c1ccccc1)C(=O)c1cccc(Cl)c1. The van der Waals surface area contributed by atoms with Crippen LogP contribution in [-0.2, 0) is 0 Å². The summed E-state index contributed by atoms with van der Waals surface area (Å²) in [5, 5.41) is 12.5. The molecule has 0 N–H and O–H groups in total. The number of hydrogen-bond donors (Lipinski definition) is 0. The van der Waals surface area contributed by atoms with E-state index in [0.29, 0.717) is 15.7 Å². The van der Waals surface area contributed by atoms with Crippen LogP contribution in [0.5, 0.6) is 0 Å². The number of benzene rings is 2. The third kappa shape index (κ3) is 3.60. The van der Waals surface area contributed by atoms with Gasteiger partial charge in [-0.25, -0.2) is 0 Å². The van der Waals surface area contributed by atoms with E-state index in [1.165, 1.54) is 11.8 Å². The van der Waals surface area contributed by atoms with Crippen LogP contribution >= 0.6 is 23.4 Å². The van der Waals surface area contributed by atoms with Crippen molar-refractivity contribution in [2.45, 2.75) is 17.3 Å². The van der Waals surface area contributed by atoms with Gasteiger partial charge in [0.05, 0.1) is 10.9 Å². The molecule has 2 aromatic carbocycles. The number of tetrazole rings is 1. The number of carbonyl (C=O) groups excluding carboxylic acids is 1. The van der Waals surface area contributed by atoms with Crippen LogP contribution in [0, 0.1) is 0 Å². The fourth-order valence-electron chi connectivity index (χ4n) is 2.07. The zero-order chi connectivity index (χ0) is 16.2. The second kappa shape index (κ2) is 6.93. The Morgan fingerprint density at radius 2 is 1.96 bits per heavy atom. The largest absolute Gasteiger partial charge is 0.293 e. The van der Waals surface area contributed by atoms with Gasteiger partial charge >= 0.3 is 0 Å². The highest BCUT2D eigenvalue weighted by atomic mass is 35.5. The topological polar surface area (TPSA) is 60.7 Å². The van der Waals surface area contributed by atoms with Gasteiger partial charge in [-0.1, -0.05) is 53.7 Å². The summed E-state index contributed by atoms with van der Waals surface area (Å²) in [5.41, 5.74) is 1.43. The molecule has 0 fully saturated rings. The van der Waals surface area contributed by atoms with E-state index in [9.17, 15) is 4.79 Å². The molecule has 1 aromatic heterocycles. The minimum atomic E-state index is -0.332. The molecule has 0 aliphatic rings. The van der Waals surface area contributed by atoms with Gasteiger partial charge in [-0.3, -0.25) is 4.79 Å². The predicted octanol–water partition coefficient (Wildman–Crippen LogP) is 3.68. The highest BCUT2D eigenvalue weighted by molar-refractivity contribution is 8.00. The zero-order valence-corrected chi connectivity index (χ0v) is 13.8. The maximum atomic E-state index is 12.5. The Morgan fingerprint density at radius 3 is 2.70 bits per heavy atom. The minimum Gasteiger partial charge on any atom is -0.293 e. The number of aromatic nitrogens is 4. The Morgan fingerprint density at radius 1 is 1.17 bits per heavy atom. The van der Waals surface area contributed by atoms with Gasteiger partial charge in [0, 0.05) is 10.6 Å². The maximum Gasteiger partial charge on any atom is 0.214 e. The molecule has 0 spiro atoms. The summed E-state index contributed by atoms with van der Waals surface area (Å²) in [6.07, 6.45) is 0. The summed E-state index contributed by atoms with van der Waals surface area (Å²) in [4.78, 5) is 12.5. The summed E-state index contributed by atoms with van der Waals surface area (Å²) in [6, 6.07) is 16.5. The van der Waals surface area contributed by atoms with Crippen LogP contribution < -0.4 is 0 Å². The second-order valence-electron chi connectivity index (χ2n) is 4.84. The summed E-state index contributed by atoms with van der Waals surface area (Å²) in [7, 11) is 0. The number of carbonyl (C=O) groups is 1. The molecule has 0 radical (unpaired) electrons. The smallest absolute Gasteiger partial charge is 0.214 e. The van der Waals surface area contributed by atoms with E-state index in [4.69, 9.17) is 11.6 Å². The van der Waals surface area contributed by atoms with Crippen LogP contribution in [0.2, 0.25) is 5.02 Å². The monoisotopic (exact) mass is 344 g/mol. The average Bonchev–Trinajstić information content (AvgIpc) is 3.03. The van der Waals surface area contributed by atoms with Gasteiger partial charge in [-0.15, -0.1) is 5.10 Å². The Bertz CT molecular complexity index is 822. The third-order valence-corrected chi connectivity index (χ3v) is 4.47.